The van der Waals surface area contributed by atoms with E-state index in [9.17, 15) is 19.5 Å². The molecule has 0 fully saturated rings. The molecule has 0 bridgehead atoms. The van der Waals surface area contributed by atoms with Crippen LogP contribution in [0.3, 0.4) is 0 Å². The van der Waals surface area contributed by atoms with Gasteiger partial charge in [-0.15, -0.1) is 0 Å². The number of aromatic nitrogens is 1. The lowest BCUT2D eigenvalue weighted by molar-refractivity contribution is -0.141. The third-order valence-corrected chi connectivity index (χ3v) is 3.59. The lowest BCUT2D eigenvalue weighted by atomic mass is 10.1. The van der Waals surface area contributed by atoms with Crippen LogP contribution in [-0.4, -0.2) is 46.3 Å². The number of fused-ring (bicyclic) bond motifs is 1. The highest BCUT2D eigenvalue weighted by Crippen LogP contribution is 2.18. The summed E-state index contributed by atoms with van der Waals surface area (Å²) in [6.07, 6.45) is 1.87. The molecule has 0 aliphatic rings. The Kier molecular flexibility index (Phi) is 5.72. The Balaban J connectivity index is 2.03. The number of amides is 1. The zero-order chi connectivity index (χ0) is 18.4. The average Bonchev–Trinajstić information content (AvgIpc) is 3.00. The number of nitrogens with two attached hydrogens (primary N) is 2. The van der Waals surface area contributed by atoms with Gasteiger partial charge in [-0.2, -0.15) is 0 Å². The predicted molar refractivity (Wildman–Crippen MR) is 92.1 cm³/mol. The molecule has 1 heterocycles. The van der Waals surface area contributed by atoms with Gasteiger partial charge in [-0.3, -0.25) is 14.6 Å². The molecular weight excluding hydrogens is 326 g/mol. The van der Waals surface area contributed by atoms with Gasteiger partial charge in [0, 0.05) is 23.6 Å². The van der Waals surface area contributed by atoms with Crippen molar-refractivity contribution < 1.29 is 19.5 Å². The number of guanidine groups is 1. The van der Waals surface area contributed by atoms with Crippen molar-refractivity contribution >= 4 is 34.5 Å². The summed E-state index contributed by atoms with van der Waals surface area (Å²) in [6.45, 7) is 0.235. The number of rotatable bonds is 8. The van der Waals surface area contributed by atoms with Gasteiger partial charge in [0.2, 0.25) is 0 Å². The number of aliphatic carboxylic acids is 1. The van der Waals surface area contributed by atoms with Gasteiger partial charge < -0.3 is 26.9 Å². The topological polar surface area (TPSA) is 164 Å². The summed E-state index contributed by atoms with van der Waals surface area (Å²) in [6, 6.07) is 5.82. The molecule has 9 heteroatoms. The summed E-state index contributed by atoms with van der Waals surface area (Å²) in [4.78, 5) is 42.4. The van der Waals surface area contributed by atoms with Gasteiger partial charge in [0.15, 0.2) is 5.96 Å². The molecule has 1 aromatic heterocycles. The number of aromatic amines is 1. The van der Waals surface area contributed by atoms with E-state index in [-0.39, 0.29) is 24.5 Å². The molecule has 0 unspecified atom stereocenters. The maximum Gasteiger partial charge on any atom is 0.326 e. The number of aliphatic imine (C=N–C) groups is 1. The van der Waals surface area contributed by atoms with Crippen LogP contribution in [0.4, 0.5) is 0 Å². The van der Waals surface area contributed by atoms with Crippen molar-refractivity contribution in [2.75, 3.05) is 6.54 Å². The van der Waals surface area contributed by atoms with E-state index >= 15 is 0 Å². The summed E-state index contributed by atoms with van der Waals surface area (Å²) in [5.74, 6) is -3.10. The first-order valence-corrected chi connectivity index (χ1v) is 7.59. The number of hydrogen-bond donors (Lipinski definition) is 5. The van der Waals surface area contributed by atoms with Gasteiger partial charge in [0.25, 0.3) is 11.7 Å². The lowest BCUT2D eigenvalue weighted by Gasteiger charge is -2.13. The minimum absolute atomic E-state index is 0.0922. The number of H-pyrrole nitrogens is 1. The Bertz CT molecular complexity index is 823. The Morgan fingerprint density at radius 3 is 2.64 bits per heavy atom. The predicted octanol–water partition coefficient (Wildman–Crippen LogP) is -0.0264. The Hall–Kier alpha value is -3.36. The smallest absolute Gasteiger partial charge is 0.326 e. The third-order valence-electron chi connectivity index (χ3n) is 3.59. The highest BCUT2D eigenvalue weighted by atomic mass is 16.4. The van der Waals surface area contributed by atoms with Crippen LogP contribution in [0.5, 0.6) is 0 Å². The summed E-state index contributed by atoms with van der Waals surface area (Å²) in [7, 11) is 0. The molecule has 1 aromatic carbocycles. The minimum Gasteiger partial charge on any atom is -0.480 e. The van der Waals surface area contributed by atoms with Crippen LogP contribution in [0, 0.1) is 0 Å². The number of carbonyl (C=O) groups is 3. The first-order chi connectivity index (χ1) is 11.9. The highest BCUT2D eigenvalue weighted by Gasteiger charge is 2.25. The van der Waals surface area contributed by atoms with Crippen molar-refractivity contribution in [2.45, 2.75) is 18.9 Å². The third kappa shape index (κ3) is 4.56. The van der Waals surface area contributed by atoms with Crippen LogP contribution in [0.15, 0.2) is 35.5 Å². The number of hydrogen-bond acceptors (Lipinski definition) is 4. The number of benzene rings is 1. The Labute approximate surface area is 143 Å². The summed E-state index contributed by atoms with van der Waals surface area (Å²) in [5.41, 5.74) is 11.3. The lowest BCUT2D eigenvalue weighted by Crippen LogP contribution is -2.44. The van der Waals surface area contributed by atoms with Gasteiger partial charge in [0.1, 0.15) is 6.04 Å². The van der Waals surface area contributed by atoms with E-state index in [1.54, 1.807) is 24.3 Å². The fraction of sp³-hybridized carbons (Fsp3) is 0.250. The second-order valence-electron chi connectivity index (χ2n) is 5.39. The van der Waals surface area contributed by atoms with Crippen LogP contribution in [0.25, 0.3) is 10.9 Å². The Morgan fingerprint density at radius 1 is 1.24 bits per heavy atom. The molecule has 132 valence electrons. The molecule has 0 radical (unpaired) electrons. The number of carboxylic acid groups (broad SMARTS) is 1. The van der Waals surface area contributed by atoms with Crippen molar-refractivity contribution in [1.82, 2.24) is 10.3 Å². The van der Waals surface area contributed by atoms with Crippen LogP contribution >= 0.6 is 0 Å². The monoisotopic (exact) mass is 345 g/mol. The van der Waals surface area contributed by atoms with Crippen molar-refractivity contribution in [2.24, 2.45) is 16.5 Å². The van der Waals surface area contributed by atoms with Crippen LogP contribution in [0.1, 0.15) is 23.2 Å². The van der Waals surface area contributed by atoms with Gasteiger partial charge in [-0.1, -0.05) is 18.2 Å². The molecule has 0 saturated carbocycles. The quantitative estimate of drug-likeness (QED) is 0.148. The van der Waals surface area contributed by atoms with E-state index in [1.165, 1.54) is 6.20 Å². The number of para-hydroxylation sites is 1. The van der Waals surface area contributed by atoms with Crippen molar-refractivity contribution in [3.8, 4) is 0 Å². The summed E-state index contributed by atoms with van der Waals surface area (Å²) < 4.78 is 0. The normalized spacial score (nSPS) is 11.7. The minimum atomic E-state index is -1.23. The van der Waals surface area contributed by atoms with Crippen LogP contribution < -0.4 is 16.8 Å². The first kappa shape index (κ1) is 18.0. The number of ketones is 1. The second-order valence-corrected chi connectivity index (χ2v) is 5.39. The number of carbonyl (C=O) groups excluding carboxylic acids is 2. The number of nitrogens with one attached hydrogen (secondary N) is 2. The molecule has 0 aliphatic carbocycles. The van der Waals surface area contributed by atoms with Gasteiger partial charge in [-0.25, -0.2) is 4.79 Å². The van der Waals surface area contributed by atoms with Crippen molar-refractivity contribution in [1.29, 1.82) is 0 Å². The maximum absolute atomic E-state index is 12.3. The zero-order valence-electron chi connectivity index (χ0n) is 13.4. The van der Waals surface area contributed by atoms with Crippen LogP contribution in [0.2, 0.25) is 0 Å². The van der Waals surface area contributed by atoms with E-state index in [4.69, 9.17) is 11.5 Å². The SMILES string of the molecule is NC(N)=NCCC[C@H](NC(=O)C(=O)c1c[nH]c2ccccc12)C(=O)O. The molecule has 1 atom stereocenters. The van der Waals surface area contributed by atoms with Gasteiger partial charge in [0.05, 0.1) is 5.56 Å². The molecule has 0 aliphatic heterocycles. The fourth-order valence-electron chi connectivity index (χ4n) is 2.37. The van der Waals surface area contributed by atoms with E-state index in [0.717, 1.165) is 0 Å². The summed E-state index contributed by atoms with van der Waals surface area (Å²) in [5, 5.41) is 12.0. The fourth-order valence-corrected chi connectivity index (χ4v) is 2.37. The van der Waals surface area contributed by atoms with E-state index in [0.29, 0.717) is 17.3 Å². The zero-order valence-corrected chi connectivity index (χ0v) is 13.4. The van der Waals surface area contributed by atoms with Gasteiger partial charge in [-0.05, 0) is 18.9 Å². The molecule has 9 nitrogen and oxygen atoms in total. The van der Waals surface area contributed by atoms with Crippen LogP contribution in [-0.2, 0) is 9.59 Å². The van der Waals surface area contributed by atoms with E-state index in [1.807, 2.05) is 0 Å². The first-order valence-electron chi connectivity index (χ1n) is 7.59. The molecule has 1 amide bonds. The largest absolute Gasteiger partial charge is 0.480 e. The molecule has 2 aromatic rings. The van der Waals surface area contributed by atoms with E-state index < -0.39 is 23.7 Å². The van der Waals surface area contributed by atoms with Crippen molar-refractivity contribution in [3.63, 3.8) is 0 Å². The Morgan fingerprint density at radius 2 is 1.96 bits per heavy atom. The average molecular weight is 345 g/mol. The second kappa shape index (κ2) is 7.95. The standard InChI is InChI=1S/C16H19N5O4/c17-16(18)19-7-3-6-12(15(24)25)21-14(23)13(22)10-8-20-11-5-2-1-4-9(10)11/h1-2,4-5,8,12,20H,3,6-7H2,(H,21,23)(H,24,25)(H4,17,18,19)/t12-/m0/s1. The molecule has 0 spiro atoms. The summed E-state index contributed by atoms with van der Waals surface area (Å²) >= 11 is 0. The molecular formula is C16H19N5O4. The highest BCUT2D eigenvalue weighted by molar-refractivity contribution is 6.45. The van der Waals surface area contributed by atoms with Gasteiger partial charge >= 0.3 is 5.97 Å². The number of nitrogens with zero attached hydrogens (tertiary/aromatic N) is 1. The molecule has 2 rings (SSSR count). The number of Topliss-reactive ketones (excluding diaryl/α,β-unsaturated/α-hetero) is 1. The maximum atomic E-state index is 12.3. The number of carboxylic acids is 1. The van der Waals surface area contributed by atoms with Crippen molar-refractivity contribution in [3.05, 3.63) is 36.0 Å². The van der Waals surface area contributed by atoms with E-state index in [2.05, 4.69) is 15.3 Å². The molecule has 0 saturated heterocycles. The molecule has 25 heavy (non-hydrogen) atoms. The molecule has 7 N–H and O–H groups in total.